The smallest absolute Gasteiger partial charge is 0.263 e. The molecule has 1 aromatic heterocycles. The third-order valence-corrected chi connectivity index (χ3v) is 7.43. The summed E-state index contributed by atoms with van der Waals surface area (Å²) < 4.78 is 33.3. The van der Waals surface area contributed by atoms with Gasteiger partial charge in [0.15, 0.2) is 5.82 Å². The van der Waals surface area contributed by atoms with E-state index in [1.54, 1.807) is 24.0 Å². The fraction of sp³-hybridized carbons (Fsp3) is 0.158. The Labute approximate surface area is 180 Å². The van der Waals surface area contributed by atoms with Crippen LogP contribution in [0.1, 0.15) is 16.7 Å². The highest BCUT2D eigenvalue weighted by Crippen LogP contribution is 2.42. The normalized spacial score (nSPS) is 17.0. The quantitative estimate of drug-likeness (QED) is 0.568. The second kappa shape index (κ2) is 7.85. The molecule has 0 radical (unpaired) electrons. The van der Waals surface area contributed by atoms with E-state index in [1.807, 2.05) is 24.3 Å². The van der Waals surface area contributed by atoms with Crippen molar-refractivity contribution in [1.82, 2.24) is 5.16 Å². The molecule has 4 rings (SSSR count). The number of carbonyl (C=O) groups is 1. The van der Waals surface area contributed by atoms with Crippen LogP contribution in [0.15, 0.2) is 68.5 Å². The van der Waals surface area contributed by atoms with Gasteiger partial charge in [-0.05, 0) is 48.9 Å². The summed E-state index contributed by atoms with van der Waals surface area (Å²) in [6.45, 7) is 1.67. The molecule has 1 fully saturated rings. The van der Waals surface area contributed by atoms with E-state index in [2.05, 4.69) is 25.8 Å². The van der Waals surface area contributed by atoms with Gasteiger partial charge < -0.3 is 4.52 Å². The molecule has 1 aliphatic rings. The summed E-state index contributed by atoms with van der Waals surface area (Å²) >= 11 is 4.95. The van der Waals surface area contributed by atoms with E-state index in [0.717, 1.165) is 10.0 Å². The molecule has 29 heavy (non-hydrogen) atoms. The van der Waals surface area contributed by atoms with Crippen molar-refractivity contribution in [1.29, 1.82) is 0 Å². The van der Waals surface area contributed by atoms with E-state index in [9.17, 15) is 13.2 Å². The van der Waals surface area contributed by atoms with E-state index in [4.69, 9.17) is 4.52 Å². The van der Waals surface area contributed by atoms with Crippen LogP contribution in [-0.4, -0.2) is 25.2 Å². The number of aromatic nitrogens is 1. The first-order valence-electron chi connectivity index (χ1n) is 8.59. The van der Waals surface area contributed by atoms with Gasteiger partial charge in [-0.2, -0.15) is 0 Å². The lowest BCUT2D eigenvalue weighted by atomic mass is 10.2. The molecule has 0 aliphatic carbocycles. The van der Waals surface area contributed by atoms with Gasteiger partial charge in [-0.3, -0.25) is 14.4 Å². The van der Waals surface area contributed by atoms with Gasteiger partial charge in [-0.25, -0.2) is 8.42 Å². The van der Waals surface area contributed by atoms with Crippen LogP contribution in [0.2, 0.25) is 0 Å². The van der Waals surface area contributed by atoms with Crippen molar-refractivity contribution >= 4 is 55.1 Å². The number of thioether (sulfide) groups is 1. The number of nitrogens with zero attached hydrogens (tertiary/aromatic N) is 2. The second-order valence-electron chi connectivity index (χ2n) is 6.40. The summed E-state index contributed by atoms with van der Waals surface area (Å²) in [6, 6.07) is 15.5. The predicted octanol–water partition coefficient (Wildman–Crippen LogP) is 4.32. The standard InChI is InChI=1S/C19H16BrN3O4S2/c1-12-10-17(21-27-12)22-29(25,26)16-8-6-15(7-9-16)23-18(24)11-28-19(23)13-2-4-14(20)5-3-13/h2-10,19H,11H2,1H3,(H,21,22). The lowest BCUT2D eigenvalue weighted by Gasteiger charge is -2.24. The Hall–Kier alpha value is -2.30. The summed E-state index contributed by atoms with van der Waals surface area (Å²) in [4.78, 5) is 14.3. The molecule has 3 aromatic rings. The zero-order chi connectivity index (χ0) is 20.6. The molecular formula is C19H16BrN3O4S2. The number of benzene rings is 2. The van der Waals surface area contributed by atoms with E-state index < -0.39 is 10.0 Å². The first kappa shape index (κ1) is 20.0. The number of halogens is 1. The number of carbonyl (C=O) groups excluding carboxylic acids is 1. The van der Waals surface area contributed by atoms with Crippen LogP contribution in [0.4, 0.5) is 11.5 Å². The molecular weight excluding hydrogens is 478 g/mol. The monoisotopic (exact) mass is 493 g/mol. The molecule has 150 valence electrons. The number of hydrogen-bond donors (Lipinski definition) is 1. The number of sulfonamides is 1. The highest BCUT2D eigenvalue weighted by atomic mass is 79.9. The maximum atomic E-state index is 12.5. The van der Waals surface area contributed by atoms with E-state index >= 15 is 0 Å². The molecule has 7 nitrogen and oxygen atoms in total. The minimum atomic E-state index is -3.81. The van der Waals surface area contributed by atoms with Crippen LogP contribution in [-0.2, 0) is 14.8 Å². The summed E-state index contributed by atoms with van der Waals surface area (Å²) in [5.41, 5.74) is 1.65. The molecule has 0 saturated carbocycles. The molecule has 0 spiro atoms. The SMILES string of the molecule is Cc1cc(NS(=O)(=O)c2ccc(N3C(=O)CSC3c3ccc(Br)cc3)cc2)no1. The van der Waals surface area contributed by atoms with Crippen LogP contribution in [0.3, 0.4) is 0 Å². The Kier molecular flexibility index (Phi) is 5.41. The van der Waals surface area contributed by atoms with Crippen LogP contribution in [0, 0.1) is 6.92 Å². The minimum absolute atomic E-state index is 0.0188. The Morgan fingerprint density at radius 3 is 2.48 bits per heavy atom. The predicted molar refractivity (Wildman–Crippen MR) is 115 cm³/mol. The zero-order valence-electron chi connectivity index (χ0n) is 15.2. The van der Waals surface area contributed by atoms with Crippen molar-refractivity contribution < 1.29 is 17.7 Å². The van der Waals surface area contributed by atoms with Crippen molar-refractivity contribution in [3.05, 3.63) is 70.4 Å². The molecule has 0 bridgehead atoms. The van der Waals surface area contributed by atoms with E-state index in [0.29, 0.717) is 17.2 Å². The summed E-state index contributed by atoms with van der Waals surface area (Å²) in [6.07, 6.45) is 0. The Morgan fingerprint density at radius 1 is 1.17 bits per heavy atom. The zero-order valence-corrected chi connectivity index (χ0v) is 18.4. The third-order valence-electron chi connectivity index (χ3n) is 4.32. The van der Waals surface area contributed by atoms with E-state index in [-0.39, 0.29) is 22.0 Å². The summed E-state index contributed by atoms with van der Waals surface area (Å²) in [5.74, 6) is 0.971. The Morgan fingerprint density at radius 2 is 1.86 bits per heavy atom. The van der Waals surface area contributed by atoms with Gasteiger partial charge in [0.25, 0.3) is 10.0 Å². The number of hydrogen-bond acceptors (Lipinski definition) is 6. The minimum Gasteiger partial charge on any atom is -0.360 e. The lowest BCUT2D eigenvalue weighted by Crippen LogP contribution is -2.27. The number of amides is 1. The number of aryl methyl sites for hydroxylation is 1. The summed E-state index contributed by atoms with van der Waals surface area (Å²) in [5, 5.41) is 3.48. The van der Waals surface area contributed by atoms with E-state index in [1.165, 1.54) is 30.0 Å². The highest BCUT2D eigenvalue weighted by molar-refractivity contribution is 9.10. The Bertz CT molecular complexity index is 1140. The van der Waals surface area contributed by atoms with Gasteiger partial charge in [0.05, 0.1) is 10.6 Å². The van der Waals surface area contributed by atoms with Crippen LogP contribution >= 0.6 is 27.7 Å². The average molecular weight is 494 g/mol. The maximum Gasteiger partial charge on any atom is 0.263 e. The fourth-order valence-electron chi connectivity index (χ4n) is 2.97. The topological polar surface area (TPSA) is 92.5 Å². The van der Waals surface area contributed by atoms with Crippen molar-refractivity contribution in [2.45, 2.75) is 17.2 Å². The second-order valence-corrected chi connectivity index (χ2v) is 10.1. The molecule has 1 atom stereocenters. The van der Waals surface area contributed by atoms with Gasteiger partial charge >= 0.3 is 0 Å². The number of nitrogens with one attached hydrogen (secondary N) is 1. The van der Waals surface area contributed by atoms with Gasteiger partial charge in [0.1, 0.15) is 11.1 Å². The van der Waals surface area contributed by atoms with Crippen molar-refractivity contribution in [2.24, 2.45) is 0 Å². The van der Waals surface area contributed by atoms with Gasteiger partial charge in [-0.1, -0.05) is 33.2 Å². The number of rotatable bonds is 5. The van der Waals surface area contributed by atoms with Crippen LogP contribution < -0.4 is 9.62 Å². The van der Waals surface area contributed by atoms with Crippen molar-refractivity contribution in [3.8, 4) is 0 Å². The lowest BCUT2D eigenvalue weighted by molar-refractivity contribution is -0.115. The van der Waals surface area contributed by atoms with Crippen molar-refractivity contribution in [3.63, 3.8) is 0 Å². The molecule has 1 aliphatic heterocycles. The average Bonchev–Trinajstić information content (AvgIpc) is 3.27. The highest BCUT2D eigenvalue weighted by Gasteiger charge is 2.34. The molecule has 2 aromatic carbocycles. The fourth-order valence-corrected chi connectivity index (χ4v) is 5.40. The molecule has 1 saturated heterocycles. The first-order valence-corrected chi connectivity index (χ1v) is 11.9. The molecule has 1 N–H and O–H groups in total. The van der Waals surface area contributed by atoms with Crippen LogP contribution in [0.5, 0.6) is 0 Å². The van der Waals surface area contributed by atoms with Crippen molar-refractivity contribution in [2.75, 3.05) is 15.4 Å². The largest absolute Gasteiger partial charge is 0.360 e. The maximum absolute atomic E-state index is 12.5. The molecule has 1 unspecified atom stereocenters. The van der Waals surface area contributed by atoms with Gasteiger partial charge in [-0.15, -0.1) is 11.8 Å². The van der Waals surface area contributed by atoms with Gasteiger partial charge in [0.2, 0.25) is 5.91 Å². The third kappa shape index (κ3) is 4.19. The van der Waals surface area contributed by atoms with Crippen LogP contribution in [0.25, 0.3) is 0 Å². The molecule has 1 amide bonds. The molecule has 10 heteroatoms. The summed E-state index contributed by atoms with van der Waals surface area (Å²) in [7, 11) is -3.81. The number of anilines is 2. The Balaban J connectivity index is 1.59. The molecule has 2 heterocycles. The first-order chi connectivity index (χ1) is 13.8. The van der Waals surface area contributed by atoms with Gasteiger partial charge in [0, 0.05) is 16.2 Å².